The Morgan fingerprint density at radius 1 is 1.62 bits per heavy atom. The molecule has 1 N–H and O–H groups in total. The number of anilines is 1. The Morgan fingerprint density at radius 2 is 2.38 bits per heavy atom. The van der Waals surface area contributed by atoms with E-state index in [9.17, 15) is 5.11 Å². The summed E-state index contributed by atoms with van der Waals surface area (Å²) in [6.45, 7) is 5.26. The van der Waals surface area contributed by atoms with Gasteiger partial charge < -0.3 is 10.0 Å². The van der Waals surface area contributed by atoms with E-state index in [4.69, 9.17) is 6.42 Å². The standard InChI is InChI=1S/C13H18N2O/c1-4-8-15(9-5-2)13-10-12(11(3)16)6-7-14-13/h1,6-7,10-11,16H,5,8-9H2,2-3H3/t11-/m0/s1. The number of terminal acetylenes is 1. The van der Waals surface area contributed by atoms with Crippen molar-refractivity contribution in [1.82, 2.24) is 4.98 Å². The first-order valence-corrected chi connectivity index (χ1v) is 5.51. The summed E-state index contributed by atoms with van der Waals surface area (Å²) < 4.78 is 0. The second kappa shape index (κ2) is 6.14. The van der Waals surface area contributed by atoms with Gasteiger partial charge in [-0.2, -0.15) is 0 Å². The minimum absolute atomic E-state index is 0.476. The molecular formula is C13H18N2O. The lowest BCUT2D eigenvalue weighted by Gasteiger charge is -2.21. The van der Waals surface area contributed by atoms with Gasteiger partial charge in [0.1, 0.15) is 5.82 Å². The maximum Gasteiger partial charge on any atom is 0.129 e. The molecule has 0 aromatic carbocycles. The van der Waals surface area contributed by atoms with Crippen molar-refractivity contribution in [3.05, 3.63) is 23.9 Å². The van der Waals surface area contributed by atoms with Crippen LogP contribution in [0, 0.1) is 12.3 Å². The number of hydrogen-bond acceptors (Lipinski definition) is 3. The van der Waals surface area contributed by atoms with E-state index >= 15 is 0 Å². The van der Waals surface area contributed by atoms with Gasteiger partial charge in [0.05, 0.1) is 12.6 Å². The van der Waals surface area contributed by atoms with E-state index in [-0.39, 0.29) is 0 Å². The number of rotatable bonds is 5. The van der Waals surface area contributed by atoms with E-state index in [0.717, 1.165) is 24.3 Å². The van der Waals surface area contributed by atoms with Crippen molar-refractivity contribution in [3.63, 3.8) is 0 Å². The van der Waals surface area contributed by atoms with Crippen LogP contribution in [-0.2, 0) is 0 Å². The van der Waals surface area contributed by atoms with Crippen LogP contribution >= 0.6 is 0 Å². The highest BCUT2D eigenvalue weighted by atomic mass is 16.3. The van der Waals surface area contributed by atoms with Crippen molar-refractivity contribution in [3.8, 4) is 12.3 Å². The van der Waals surface area contributed by atoms with Crippen molar-refractivity contribution >= 4 is 5.82 Å². The van der Waals surface area contributed by atoms with Crippen molar-refractivity contribution in [2.45, 2.75) is 26.4 Å². The Kier molecular flexibility index (Phi) is 4.81. The van der Waals surface area contributed by atoms with E-state index in [2.05, 4.69) is 17.8 Å². The van der Waals surface area contributed by atoms with Crippen LogP contribution in [0.15, 0.2) is 18.3 Å². The highest BCUT2D eigenvalue weighted by molar-refractivity contribution is 5.42. The van der Waals surface area contributed by atoms with Crippen LogP contribution in [0.3, 0.4) is 0 Å². The maximum absolute atomic E-state index is 9.50. The summed E-state index contributed by atoms with van der Waals surface area (Å²) in [7, 11) is 0. The molecule has 1 aromatic rings. The quantitative estimate of drug-likeness (QED) is 0.768. The zero-order valence-corrected chi connectivity index (χ0v) is 9.85. The summed E-state index contributed by atoms with van der Waals surface area (Å²) in [5, 5.41) is 9.50. The number of aliphatic hydroxyl groups excluding tert-OH is 1. The highest BCUT2D eigenvalue weighted by Crippen LogP contribution is 2.17. The van der Waals surface area contributed by atoms with E-state index < -0.39 is 6.10 Å². The van der Waals surface area contributed by atoms with Gasteiger partial charge in [0.15, 0.2) is 0 Å². The molecule has 0 aliphatic carbocycles. The summed E-state index contributed by atoms with van der Waals surface area (Å²) in [5.41, 5.74) is 0.864. The maximum atomic E-state index is 9.50. The second-order valence-electron chi connectivity index (χ2n) is 3.75. The minimum Gasteiger partial charge on any atom is -0.389 e. The van der Waals surface area contributed by atoms with Crippen molar-refractivity contribution in [2.75, 3.05) is 18.0 Å². The van der Waals surface area contributed by atoms with E-state index in [1.165, 1.54) is 0 Å². The fourth-order valence-electron chi connectivity index (χ4n) is 1.52. The third-order valence-corrected chi connectivity index (χ3v) is 2.35. The third-order valence-electron chi connectivity index (χ3n) is 2.35. The molecule has 0 aliphatic rings. The molecule has 0 radical (unpaired) electrons. The molecule has 0 aliphatic heterocycles. The Bertz CT molecular complexity index is 368. The van der Waals surface area contributed by atoms with E-state index in [1.807, 2.05) is 17.0 Å². The molecule has 86 valence electrons. The Hall–Kier alpha value is -1.53. The first kappa shape index (κ1) is 12.5. The Morgan fingerprint density at radius 3 is 2.94 bits per heavy atom. The predicted octanol–water partition coefficient (Wildman–Crippen LogP) is 1.98. The summed E-state index contributed by atoms with van der Waals surface area (Å²) in [6, 6.07) is 3.70. The molecule has 0 fully saturated rings. The molecule has 0 saturated heterocycles. The van der Waals surface area contributed by atoms with E-state index in [1.54, 1.807) is 13.1 Å². The van der Waals surface area contributed by atoms with Crippen LogP contribution in [0.25, 0.3) is 0 Å². The predicted molar refractivity (Wildman–Crippen MR) is 66.2 cm³/mol. The molecule has 1 heterocycles. The van der Waals surface area contributed by atoms with Gasteiger partial charge in [-0.15, -0.1) is 6.42 Å². The van der Waals surface area contributed by atoms with Gasteiger partial charge in [0, 0.05) is 12.7 Å². The largest absolute Gasteiger partial charge is 0.389 e. The lowest BCUT2D eigenvalue weighted by molar-refractivity contribution is 0.199. The zero-order chi connectivity index (χ0) is 12.0. The summed E-state index contributed by atoms with van der Waals surface area (Å²) in [6.07, 6.45) is 7.57. The van der Waals surface area contributed by atoms with Gasteiger partial charge in [-0.25, -0.2) is 4.98 Å². The van der Waals surface area contributed by atoms with Gasteiger partial charge in [-0.1, -0.05) is 12.8 Å². The second-order valence-corrected chi connectivity index (χ2v) is 3.75. The Balaban J connectivity index is 2.91. The molecule has 0 amide bonds. The molecule has 3 nitrogen and oxygen atoms in total. The van der Waals surface area contributed by atoms with Crippen LogP contribution in [0.5, 0.6) is 0 Å². The molecule has 16 heavy (non-hydrogen) atoms. The average molecular weight is 218 g/mol. The van der Waals surface area contributed by atoms with Gasteiger partial charge in [0.25, 0.3) is 0 Å². The number of aromatic nitrogens is 1. The van der Waals surface area contributed by atoms with Gasteiger partial charge in [-0.3, -0.25) is 0 Å². The molecule has 0 unspecified atom stereocenters. The number of hydrogen-bond donors (Lipinski definition) is 1. The molecule has 1 rings (SSSR count). The summed E-state index contributed by atoms with van der Waals surface area (Å²) in [5.74, 6) is 3.45. The molecular weight excluding hydrogens is 200 g/mol. The summed E-state index contributed by atoms with van der Waals surface area (Å²) >= 11 is 0. The molecule has 1 aromatic heterocycles. The number of nitrogens with zero attached hydrogens (tertiary/aromatic N) is 2. The van der Waals surface area contributed by atoms with Crippen LogP contribution in [0.2, 0.25) is 0 Å². The molecule has 0 saturated carbocycles. The summed E-state index contributed by atoms with van der Waals surface area (Å²) in [4.78, 5) is 6.31. The highest BCUT2D eigenvalue weighted by Gasteiger charge is 2.08. The Labute approximate surface area is 97.1 Å². The van der Waals surface area contributed by atoms with Crippen LogP contribution < -0.4 is 4.90 Å². The zero-order valence-electron chi connectivity index (χ0n) is 9.85. The van der Waals surface area contributed by atoms with Crippen molar-refractivity contribution < 1.29 is 5.11 Å². The van der Waals surface area contributed by atoms with Crippen LogP contribution in [0.4, 0.5) is 5.82 Å². The van der Waals surface area contributed by atoms with Crippen molar-refractivity contribution in [2.24, 2.45) is 0 Å². The van der Waals surface area contributed by atoms with Gasteiger partial charge in [0.2, 0.25) is 0 Å². The first-order chi connectivity index (χ1) is 7.69. The van der Waals surface area contributed by atoms with Crippen LogP contribution in [0.1, 0.15) is 31.9 Å². The molecule has 0 spiro atoms. The topological polar surface area (TPSA) is 36.4 Å². The lowest BCUT2D eigenvalue weighted by Crippen LogP contribution is -2.25. The minimum atomic E-state index is -0.476. The fraction of sp³-hybridized carbons (Fsp3) is 0.462. The smallest absolute Gasteiger partial charge is 0.129 e. The number of aliphatic hydroxyl groups is 1. The average Bonchev–Trinajstić information content (AvgIpc) is 2.29. The van der Waals surface area contributed by atoms with Gasteiger partial charge in [-0.05, 0) is 31.0 Å². The first-order valence-electron chi connectivity index (χ1n) is 5.51. The normalized spacial score (nSPS) is 11.9. The molecule has 1 atom stereocenters. The SMILES string of the molecule is C#CCN(CCC)c1cc([C@H](C)O)ccn1. The van der Waals surface area contributed by atoms with Crippen LogP contribution in [-0.4, -0.2) is 23.2 Å². The third kappa shape index (κ3) is 3.25. The van der Waals surface area contributed by atoms with Gasteiger partial charge >= 0.3 is 0 Å². The monoisotopic (exact) mass is 218 g/mol. The molecule has 3 heteroatoms. The van der Waals surface area contributed by atoms with E-state index in [0.29, 0.717) is 6.54 Å². The molecule has 0 bridgehead atoms. The fourth-order valence-corrected chi connectivity index (χ4v) is 1.52. The lowest BCUT2D eigenvalue weighted by atomic mass is 10.1. The van der Waals surface area contributed by atoms with Crippen molar-refractivity contribution in [1.29, 1.82) is 0 Å². The number of pyridine rings is 1.